The molecular formula is C19H29N3O7S. The van der Waals surface area contributed by atoms with Gasteiger partial charge in [0.25, 0.3) is 5.91 Å². The molecule has 30 heavy (non-hydrogen) atoms. The van der Waals surface area contributed by atoms with Crippen molar-refractivity contribution in [3.63, 3.8) is 0 Å². The summed E-state index contributed by atoms with van der Waals surface area (Å²) in [5.41, 5.74) is -1.53. The van der Waals surface area contributed by atoms with Crippen LogP contribution < -0.4 is 5.32 Å². The van der Waals surface area contributed by atoms with E-state index in [0.29, 0.717) is 38.5 Å². The molecule has 1 aromatic heterocycles. The van der Waals surface area contributed by atoms with Gasteiger partial charge in [0.1, 0.15) is 5.76 Å². The summed E-state index contributed by atoms with van der Waals surface area (Å²) in [6, 6.07) is 3.50. The van der Waals surface area contributed by atoms with Gasteiger partial charge in [-0.1, -0.05) is 0 Å². The number of ether oxygens (including phenoxy) is 2. The molecule has 2 atom stereocenters. The van der Waals surface area contributed by atoms with Gasteiger partial charge in [-0.3, -0.25) is 9.59 Å². The fraction of sp³-hybridized carbons (Fsp3) is 0.684. The molecule has 2 saturated heterocycles. The molecule has 0 bridgehead atoms. The van der Waals surface area contributed by atoms with Gasteiger partial charge in [0.05, 0.1) is 38.1 Å². The van der Waals surface area contributed by atoms with E-state index in [1.807, 2.05) is 6.92 Å². The van der Waals surface area contributed by atoms with E-state index in [0.717, 1.165) is 10.6 Å². The van der Waals surface area contributed by atoms with Gasteiger partial charge in [0.15, 0.2) is 5.60 Å². The third kappa shape index (κ3) is 4.85. The largest absolute Gasteiger partial charge is 0.467 e. The molecule has 0 unspecified atom stereocenters. The van der Waals surface area contributed by atoms with Crippen molar-refractivity contribution in [1.29, 1.82) is 0 Å². The normalized spacial score (nSPS) is 24.9. The number of sulfonamides is 1. The number of hydrogen-bond acceptors (Lipinski definition) is 7. The van der Waals surface area contributed by atoms with Gasteiger partial charge in [0.2, 0.25) is 15.9 Å². The Balaban J connectivity index is 1.86. The maximum Gasteiger partial charge on any atom is 0.254 e. The van der Waals surface area contributed by atoms with Crippen molar-refractivity contribution in [3.8, 4) is 0 Å². The van der Waals surface area contributed by atoms with E-state index < -0.39 is 27.4 Å². The monoisotopic (exact) mass is 443 g/mol. The Morgan fingerprint density at radius 2 is 2.27 bits per heavy atom. The SMILES string of the molecule is CCOCCCN(Cc1ccco1)C(=O)[C@H]1CN(S(C)(=O)=O)C[C@@]12OCCNC2=O. The standard InChI is InChI=1S/C19H29N3O7S/c1-3-27-9-5-8-21(12-15-6-4-10-28-15)17(23)16-13-22(30(2,25)26)14-19(16)18(24)20-7-11-29-19/h4,6,10,16H,3,5,7-9,11-14H2,1-2H3,(H,20,24)/t16-,19-/m1/s1. The van der Waals surface area contributed by atoms with Crippen molar-refractivity contribution in [2.75, 3.05) is 52.3 Å². The van der Waals surface area contributed by atoms with Crippen LogP contribution in [0.5, 0.6) is 0 Å². The highest BCUT2D eigenvalue weighted by atomic mass is 32.2. The van der Waals surface area contributed by atoms with Crippen LogP contribution in [0.15, 0.2) is 22.8 Å². The van der Waals surface area contributed by atoms with Crippen molar-refractivity contribution >= 4 is 21.8 Å². The van der Waals surface area contributed by atoms with E-state index in [-0.39, 0.29) is 32.1 Å². The summed E-state index contributed by atoms with van der Waals surface area (Å²) in [4.78, 5) is 28.0. The van der Waals surface area contributed by atoms with Crippen molar-refractivity contribution < 1.29 is 31.9 Å². The van der Waals surface area contributed by atoms with Crippen molar-refractivity contribution in [2.45, 2.75) is 25.5 Å². The van der Waals surface area contributed by atoms with Crippen LogP contribution in [0.4, 0.5) is 0 Å². The molecule has 11 heteroatoms. The summed E-state index contributed by atoms with van der Waals surface area (Å²) in [6.45, 7) is 3.81. The van der Waals surface area contributed by atoms with Gasteiger partial charge in [-0.15, -0.1) is 0 Å². The van der Waals surface area contributed by atoms with Crippen molar-refractivity contribution in [3.05, 3.63) is 24.2 Å². The van der Waals surface area contributed by atoms with Crippen LogP contribution >= 0.6 is 0 Å². The molecule has 3 rings (SSSR count). The number of nitrogens with zero attached hydrogens (tertiary/aromatic N) is 2. The first-order chi connectivity index (χ1) is 14.3. The molecule has 0 aromatic carbocycles. The van der Waals surface area contributed by atoms with E-state index in [2.05, 4.69) is 5.32 Å². The average molecular weight is 444 g/mol. The molecule has 1 N–H and O–H groups in total. The Hall–Kier alpha value is -1.95. The number of hydrogen-bond donors (Lipinski definition) is 1. The molecule has 0 aliphatic carbocycles. The smallest absolute Gasteiger partial charge is 0.254 e. The lowest BCUT2D eigenvalue weighted by atomic mass is 9.87. The van der Waals surface area contributed by atoms with E-state index in [1.54, 1.807) is 17.0 Å². The zero-order valence-corrected chi connectivity index (χ0v) is 18.2. The maximum absolute atomic E-state index is 13.6. The minimum Gasteiger partial charge on any atom is -0.467 e. The van der Waals surface area contributed by atoms with Crippen molar-refractivity contribution in [1.82, 2.24) is 14.5 Å². The van der Waals surface area contributed by atoms with Crippen LogP contribution in [-0.4, -0.2) is 87.3 Å². The van der Waals surface area contributed by atoms with Gasteiger partial charge in [-0.2, -0.15) is 4.31 Å². The van der Waals surface area contributed by atoms with Crippen LogP contribution in [0.1, 0.15) is 19.1 Å². The van der Waals surface area contributed by atoms with Crippen LogP contribution in [-0.2, 0) is 35.6 Å². The molecule has 2 aliphatic heterocycles. The van der Waals surface area contributed by atoms with Crippen molar-refractivity contribution in [2.24, 2.45) is 5.92 Å². The molecule has 1 spiro atoms. The Kier molecular flexibility index (Phi) is 7.17. The number of carbonyl (C=O) groups is 2. The first-order valence-corrected chi connectivity index (χ1v) is 11.9. The fourth-order valence-electron chi connectivity index (χ4n) is 3.89. The molecule has 0 saturated carbocycles. The molecule has 1 aromatic rings. The van der Waals surface area contributed by atoms with Gasteiger partial charge < -0.3 is 24.1 Å². The lowest BCUT2D eigenvalue weighted by Gasteiger charge is -2.37. The second-order valence-corrected chi connectivity index (χ2v) is 9.47. The molecule has 0 radical (unpaired) electrons. The Morgan fingerprint density at radius 3 is 2.90 bits per heavy atom. The number of nitrogens with one attached hydrogen (secondary N) is 1. The minimum absolute atomic E-state index is 0.106. The number of amides is 2. The second kappa shape index (κ2) is 9.46. The quantitative estimate of drug-likeness (QED) is 0.526. The Morgan fingerprint density at radius 1 is 1.47 bits per heavy atom. The van der Waals surface area contributed by atoms with Gasteiger partial charge >= 0.3 is 0 Å². The fourth-order valence-corrected chi connectivity index (χ4v) is 4.73. The minimum atomic E-state index is -3.60. The van der Waals surface area contributed by atoms with Crippen LogP contribution in [0.3, 0.4) is 0 Å². The summed E-state index contributed by atoms with van der Waals surface area (Å²) in [5, 5.41) is 2.72. The molecule has 2 aliphatic rings. The topological polar surface area (TPSA) is 118 Å². The maximum atomic E-state index is 13.6. The summed E-state index contributed by atoms with van der Waals surface area (Å²) in [5.74, 6) is -1.15. The summed E-state index contributed by atoms with van der Waals surface area (Å²) >= 11 is 0. The highest BCUT2D eigenvalue weighted by Gasteiger charge is 2.60. The highest BCUT2D eigenvalue weighted by molar-refractivity contribution is 7.88. The molecule has 10 nitrogen and oxygen atoms in total. The molecule has 3 heterocycles. The predicted molar refractivity (Wildman–Crippen MR) is 107 cm³/mol. The third-order valence-corrected chi connectivity index (χ3v) is 6.63. The first-order valence-electron chi connectivity index (χ1n) is 10.0. The van der Waals surface area contributed by atoms with Crippen LogP contribution in [0.2, 0.25) is 0 Å². The Bertz CT molecular complexity index is 842. The van der Waals surface area contributed by atoms with E-state index in [1.165, 1.54) is 6.26 Å². The number of rotatable bonds is 9. The molecule has 2 amide bonds. The number of morpholine rings is 1. The van der Waals surface area contributed by atoms with Crippen LogP contribution in [0.25, 0.3) is 0 Å². The second-order valence-electron chi connectivity index (χ2n) is 7.49. The van der Waals surface area contributed by atoms with E-state index >= 15 is 0 Å². The average Bonchev–Trinajstić information content (AvgIpc) is 3.34. The van der Waals surface area contributed by atoms with Gasteiger partial charge in [-0.05, 0) is 25.5 Å². The Labute approximate surface area is 176 Å². The highest BCUT2D eigenvalue weighted by Crippen LogP contribution is 2.36. The number of furan rings is 1. The lowest BCUT2D eigenvalue weighted by molar-refractivity contribution is -0.167. The van der Waals surface area contributed by atoms with Gasteiger partial charge in [-0.25, -0.2) is 8.42 Å². The zero-order valence-electron chi connectivity index (χ0n) is 17.3. The lowest BCUT2D eigenvalue weighted by Crippen LogP contribution is -2.62. The third-order valence-electron chi connectivity index (χ3n) is 5.42. The summed E-state index contributed by atoms with van der Waals surface area (Å²) < 4.78 is 42.1. The summed E-state index contributed by atoms with van der Waals surface area (Å²) in [7, 11) is -3.60. The molecule has 168 valence electrons. The predicted octanol–water partition coefficient (Wildman–Crippen LogP) is -0.189. The van der Waals surface area contributed by atoms with Gasteiger partial charge in [0, 0.05) is 32.8 Å². The first kappa shape index (κ1) is 22.7. The molecule has 2 fully saturated rings. The van der Waals surface area contributed by atoms with E-state index in [4.69, 9.17) is 13.9 Å². The number of carbonyl (C=O) groups excluding carboxylic acids is 2. The summed E-state index contributed by atoms with van der Waals surface area (Å²) in [6.07, 6.45) is 3.19. The zero-order chi connectivity index (χ0) is 21.8. The molecular weight excluding hydrogens is 414 g/mol. The van der Waals surface area contributed by atoms with Crippen LogP contribution in [0, 0.1) is 5.92 Å². The van der Waals surface area contributed by atoms with E-state index in [9.17, 15) is 18.0 Å².